The molecule has 0 aliphatic heterocycles. The van der Waals surface area contributed by atoms with Crippen molar-refractivity contribution in [1.29, 1.82) is 0 Å². The van der Waals surface area contributed by atoms with Gasteiger partial charge in [-0.1, -0.05) is 146 Å². The molecule has 1 aliphatic carbocycles. The summed E-state index contributed by atoms with van der Waals surface area (Å²) < 4.78 is 8.90. The number of para-hydroxylation sites is 2. The Morgan fingerprint density at radius 3 is 2.05 bits per heavy atom. The van der Waals surface area contributed by atoms with Gasteiger partial charge < -0.3 is 8.98 Å². The zero-order valence-corrected chi connectivity index (χ0v) is 30.5. The van der Waals surface area contributed by atoms with Gasteiger partial charge in [-0.2, -0.15) is 0 Å². The Hall–Kier alpha value is -7.30. The highest BCUT2D eigenvalue weighted by atomic mass is 16.3. The van der Waals surface area contributed by atoms with Gasteiger partial charge in [0.25, 0.3) is 0 Å². The summed E-state index contributed by atoms with van der Waals surface area (Å²) in [5.41, 5.74) is 14.9. The Kier molecular flexibility index (Phi) is 7.59. The molecule has 56 heavy (non-hydrogen) atoms. The van der Waals surface area contributed by atoms with Crippen LogP contribution in [0.3, 0.4) is 0 Å². The standard InChI is InChI=1S/C52H35N3O/c1-4-14-34(15-5-1)49-51-50(54-52(53-49)35-16-6-2-7-17-35)45-33-41(27-29-48(45)56-51)39-21-13-19-37(31-39)36-18-12-20-38(30-36)40-26-28-47-44(32-40)43-24-10-11-25-46(43)55(47)42-22-8-3-9-23-42/h1-30,32-33,39H,31H2. The molecule has 0 fully saturated rings. The normalized spacial score (nSPS) is 14.2. The third-order valence-corrected chi connectivity index (χ3v) is 11.2. The quantitative estimate of drug-likeness (QED) is 0.172. The van der Waals surface area contributed by atoms with E-state index >= 15 is 0 Å². The van der Waals surface area contributed by atoms with Crippen LogP contribution in [0.1, 0.15) is 23.5 Å². The first-order valence-corrected chi connectivity index (χ1v) is 19.2. The summed E-state index contributed by atoms with van der Waals surface area (Å²) in [6.07, 6.45) is 7.68. The molecule has 3 heterocycles. The summed E-state index contributed by atoms with van der Waals surface area (Å²) >= 11 is 0. The summed E-state index contributed by atoms with van der Waals surface area (Å²) in [5.74, 6) is 0.895. The van der Waals surface area contributed by atoms with Crippen LogP contribution in [0.5, 0.6) is 0 Å². The molecule has 4 nitrogen and oxygen atoms in total. The minimum Gasteiger partial charge on any atom is -0.452 e. The molecule has 1 unspecified atom stereocenters. The Balaban J connectivity index is 0.942. The fourth-order valence-electron chi connectivity index (χ4n) is 8.43. The number of benzene rings is 7. The molecule has 0 saturated carbocycles. The maximum absolute atomic E-state index is 6.54. The highest BCUT2D eigenvalue weighted by molar-refractivity contribution is 6.11. The van der Waals surface area contributed by atoms with Gasteiger partial charge in [0.15, 0.2) is 11.4 Å². The Bertz CT molecular complexity index is 3150. The van der Waals surface area contributed by atoms with Crippen LogP contribution < -0.4 is 0 Å². The molecule has 3 aromatic heterocycles. The summed E-state index contributed by atoms with van der Waals surface area (Å²) in [4.78, 5) is 10.2. The van der Waals surface area contributed by atoms with Gasteiger partial charge in [0, 0.05) is 38.9 Å². The SMILES string of the molecule is C1=CC(c2ccc3oc4c(-c5ccccc5)nc(-c5ccccc5)nc4c3c2)CC(c2cccc(-c3ccc4c(c3)c3ccccc3n4-c3ccccc3)c2)=C1. The molecular weight excluding hydrogens is 683 g/mol. The van der Waals surface area contributed by atoms with E-state index in [2.05, 4.69) is 162 Å². The number of furan rings is 1. The molecular formula is C52H35N3O. The van der Waals surface area contributed by atoms with Crippen molar-refractivity contribution in [3.8, 4) is 39.5 Å². The van der Waals surface area contributed by atoms with Crippen LogP contribution in [-0.2, 0) is 0 Å². The molecule has 4 heteroatoms. The van der Waals surface area contributed by atoms with E-state index in [9.17, 15) is 0 Å². The second kappa shape index (κ2) is 13.2. The number of allylic oxidation sites excluding steroid dienone is 4. The van der Waals surface area contributed by atoms with Crippen molar-refractivity contribution in [2.75, 3.05) is 0 Å². The van der Waals surface area contributed by atoms with Gasteiger partial charge in [0.2, 0.25) is 0 Å². The number of aromatic nitrogens is 3. The first-order chi connectivity index (χ1) is 27.7. The predicted molar refractivity (Wildman–Crippen MR) is 231 cm³/mol. The largest absolute Gasteiger partial charge is 0.452 e. The summed E-state index contributed by atoms with van der Waals surface area (Å²) in [7, 11) is 0. The molecule has 1 aliphatic rings. The summed E-state index contributed by atoms with van der Waals surface area (Å²) in [6.45, 7) is 0. The van der Waals surface area contributed by atoms with E-state index in [-0.39, 0.29) is 5.92 Å². The van der Waals surface area contributed by atoms with Gasteiger partial charge in [0.1, 0.15) is 16.8 Å². The van der Waals surface area contributed by atoms with Gasteiger partial charge >= 0.3 is 0 Å². The lowest BCUT2D eigenvalue weighted by Gasteiger charge is -2.20. The highest BCUT2D eigenvalue weighted by Gasteiger charge is 2.21. The zero-order chi connectivity index (χ0) is 37.0. The van der Waals surface area contributed by atoms with E-state index in [1.165, 1.54) is 55.3 Å². The molecule has 0 spiro atoms. The minimum atomic E-state index is 0.206. The average Bonchev–Trinajstić information content (AvgIpc) is 3.82. The predicted octanol–water partition coefficient (Wildman–Crippen LogP) is 13.6. The molecule has 7 aromatic carbocycles. The van der Waals surface area contributed by atoms with Crippen LogP contribution in [0.4, 0.5) is 0 Å². The van der Waals surface area contributed by atoms with Gasteiger partial charge in [-0.3, -0.25) is 0 Å². The van der Waals surface area contributed by atoms with E-state index in [1.807, 2.05) is 36.4 Å². The van der Waals surface area contributed by atoms with Crippen molar-refractivity contribution in [2.24, 2.45) is 0 Å². The molecule has 0 N–H and O–H groups in total. The summed E-state index contributed by atoms with van der Waals surface area (Å²) in [5, 5.41) is 3.52. The third kappa shape index (κ3) is 5.46. The van der Waals surface area contributed by atoms with Gasteiger partial charge in [-0.15, -0.1) is 0 Å². The first-order valence-electron chi connectivity index (χ1n) is 19.2. The Labute approximate surface area is 324 Å². The molecule has 1 atom stereocenters. The van der Waals surface area contributed by atoms with Crippen LogP contribution in [-0.4, -0.2) is 14.5 Å². The Morgan fingerprint density at radius 1 is 0.518 bits per heavy atom. The third-order valence-electron chi connectivity index (χ3n) is 11.2. The van der Waals surface area contributed by atoms with Crippen molar-refractivity contribution in [3.63, 3.8) is 0 Å². The Morgan fingerprint density at radius 2 is 1.21 bits per heavy atom. The fraction of sp³-hybridized carbons (Fsp3) is 0.0385. The van der Waals surface area contributed by atoms with Crippen LogP contribution in [0.15, 0.2) is 199 Å². The van der Waals surface area contributed by atoms with Gasteiger partial charge in [0.05, 0.1) is 11.0 Å². The lowest BCUT2D eigenvalue weighted by atomic mass is 9.84. The maximum Gasteiger partial charge on any atom is 0.180 e. The van der Waals surface area contributed by atoms with E-state index in [0.717, 1.165) is 39.7 Å². The van der Waals surface area contributed by atoms with Crippen LogP contribution in [0.25, 0.3) is 88.9 Å². The van der Waals surface area contributed by atoms with E-state index in [0.29, 0.717) is 11.4 Å². The molecule has 0 saturated heterocycles. The van der Waals surface area contributed by atoms with Crippen LogP contribution in [0, 0.1) is 0 Å². The number of hydrogen-bond donors (Lipinski definition) is 0. The van der Waals surface area contributed by atoms with Crippen molar-refractivity contribution < 1.29 is 4.42 Å². The first kappa shape index (κ1) is 32.2. The lowest BCUT2D eigenvalue weighted by Crippen LogP contribution is -2.01. The molecule has 11 rings (SSSR count). The van der Waals surface area contributed by atoms with Gasteiger partial charge in [-0.25, -0.2) is 9.97 Å². The molecule has 0 bridgehead atoms. The average molecular weight is 718 g/mol. The van der Waals surface area contributed by atoms with Crippen molar-refractivity contribution in [2.45, 2.75) is 12.3 Å². The molecule has 0 amide bonds. The van der Waals surface area contributed by atoms with E-state index in [1.54, 1.807) is 0 Å². The van der Waals surface area contributed by atoms with Crippen molar-refractivity contribution in [3.05, 3.63) is 205 Å². The van der Waals surface area contributed by atoms with Crippen molar-refractivity contribution in [1.82, 2.24) is 14.5 Å². The van der Waals surface area contributed by atoms with E-state index in [4.69, 9.17) is 14.4 Å². The fourth-order valence-corrected chi connectivity index (χ4v) is 8.43. The smallest absolute Gasteiger partial charge is 0.180 e. The highest BCUT2D eigenvalue weighted by Crippen LogP contribution is 2.41. The molecule has 0 radical (unpaired) electrons. The van der Waals surface area contributed by atoms with Crippen LogP contribution >= 0.6 is 0 Å². The summed E-state index contributed by atoms with van der Waals surface area (Å²) in [6, 6.07) is 62.2. The second-order valence-electron chi connectivity index (χ2n) is 14.6. The van der Waals surface area contributed by atoms with Gasteiger partial charge in [-0.05, 0) is 82.8 Å². The lowest BCUT2D eigenvalue weighted by molar-refractivity contribution is 0.667. The van der Waals surface area contributed by atoms with E-state index < -0.39 is 0 Å². The second-order valence-corrected chi connectivity index (χ2v) is 14.6. The molecule has 10 aromatic rings. The maximum atomic E-state index is 6.54. The topological polar surface area (TPSA) is 43.9 Å². The number of hydrogen-bond acceptors (Lipinski definition) is 3. The monoisotopic (exact) mass is 717 g/mol. The number of fused-ring (bicyclic) bond motifs is 6. The molecule has 264 valence electrons. The number of rotatable bonds is 6. The zero-order valence-electron chi connectivity index (χ0n) is 30.5. The minimum absolute atomic E-state index is 0.206. The van der Waals surface area contributed by atoms with Crippen LogP contribution in [0.2, 0.25) is 0 Å². The van der Waals surface area contributed by atoms with Crippen molar-refractivity contribution >= 4 is 49.4 Å². The number of nitrogens with zero attached hydrogens (tertiary/aromatic N) is 3.